The Hall–Kier alpha value is -2.67. The molecule has 1 aromatic carbocycles. The second-order valence-electron chi connectivity index (χ2n) is 6.40. The predicted octanol–water partition coefficient (Wildman–Crippen LogP) is 2.61. The Kier molecular flexibility index (Phi) is 5.93. The van der Waals surface area contributed by atoms with Crippen LogP contribution in [0.4, 0.5) is 0 Å². The number of hydrogen-bond donors (Lipinski definition) is 1. The van der Waals surface area contributed by atoms with Crippen molar-refractivity contribution in [2.45, 2.75) is 39.5 Å². The first-order valence-electron chi connectivity index (χ1n) is 8.37. The van der Waals surface area contributed by atoms with Gasteiger partial charge in [-0.25, -0.2) is 0 Å². The Morgan fingerprint density at radius 2 is 1.96 bits per heavy atom. The standard InChI is InChI=1S/C21H23NO3/c1-5-7-15-9-13(3)19(14(4)10-15)20-17(23)11-16(21(20)25)12-18(24)22-8-6-2/h6,9-10,16,20H,2,8,11-12H2,1,3-4H3,(H,22,24). The molecule has 0 heterocycles. The highest BCUT2D eigenvalue weighted by atomic mass is 16.2. The van der Waals surface area contributed by atoms with E-state index in [9.17, 15) is 14.4 Å². The summed E-state index contributed by atoms with van der Waals surface area (Å²) in [6.07, 6.45) is 1.75. The highest BCUT2D eigenvalue weighted by molar-refractivity contribution is 6.15. The molecule has 1 saturated carbocycles. The molecular weight excluding hydrogens is 314 g/mol. The minimum absolute atomic E-state index is 0.0480. The summed E-state index contributed by atoms with van der Waals surface area (Å²) >= 11 is 0. The third-order valence-electron chi connectivity index (χ3n) is 4.48. The lowest BCUT2D eigenvalue weighted by atomic mass is 9.86. The summed E-state index contributed by atoms with van der Waals surface area (Å²) in [7, 11) is 0. The molecule has 130 valence electrons. The molecule has 4 heteroatoms. The molecule has 2 atom stereocenters. The van der Waals surface area contributed by atoms with Gasteiger partial charge in [0, 0.05) is 30.9 Å². The van der Waals surface area contributed by atoms with Gasteiger partial charge in [-0.2, -0.15) is 0 Å². The van der Waals surface area contributed by atoms with Crippen LogP contribution in [0.5, 0.6) is 0 Å². The van der Waals surface area contributed by atoms with Crippen LogP contribution in [0.3, 0.4) is 0 Å². The van der Waals surface area contributed by atoms with Crippen molar-refractivity contribution in [2.24, 2.45) is 5.92 Å². The molecule has 1 amide bonds. The quantitative estimate of drug-likeness (QED) is 0.510. The van der Waals surface area contributed by atoms with E-state index in [1.165, 1.54) is 0 Å². The van der Waals surface area contributed by atoms with Gasteiger partial charge in [-0.3, -0.25) is 14.4 Å². The highest BCUT2D eigenvalue weighted by Gasteiger charge is 2.43. The number of carbonyl (C=O) groups is 3. The van der Waals surface area contributed by atoms with Crippen LogP contribution < -0.4 is 5.32 Å². The van der Waals surface area contributed by atoms with Crippen molar-refractivity contribution < 1.29 is 14.4 Å². The van der Waals surface area contributed by atoms with Crippen LogP contribution in [0.1, 0.15) is 47.9 Å². The third kappa shape index (κ3) is 4.06. The van der Waals surface area contributed by atoms with Crippen molar-refractivity contribution in [3.63, 3.8) is 0 Å². The summed E-state index contributed by atoms with van der Waals surface area (Å²) in [6.45, 7) is 9.46. The minimum Gasteiger partial charge on any atom is -0.353 e. The van der Waals surface area contributed by atoms with Crippen LogP contribution in [0, 0.1) is 31.6 Å². The number of hydrogen-bond acceptors (Lipinski definition) is 3. The molecule has 2 unspecified atom stereocenters. The summed E-state index contributed by atoms with van der Waals surface area (Å²) in [5, 5.41) is 2.66. The van der Waals surface area contributed by atoms with Crippen molar-refractivity contribution in [1.82, 2.24) is 5.32 Å². The number of carbonyl (C=O) groups excluding carboxylic acids is 3. The van der Waals surface area contributed by atoms with E-state index >= 15 is 0 Å². The van der Waals surface area contributed by atoms with Gasteiger partial charge in [0.25, 0.3) is 0 Å². The molecule has 0 bridgehead atoms. The summed E-state index contributed by atoms with van der Waals surface area (Å²) < 4.78 is 0. The van der Waals surface area contributed by atoms with Crippen LogP contribution in [-0.2, 0) is 14.4 Å². The first-order valence-corrected chi connectivity index (χ1v) is 8.37. The molecule has 0 aliphatic heterocycles. The molecule has 1 aromatic rings. The zero-order valence-corrected chi connectivity index (χ0v) is 14.9. The van der Waals surface area contributed by atoms with E-state index in [1.54, 1.807) is 13.0 Å². The lowest BCUT2D eigenvalue weighted by Gasteiger charge is -2.16. The van der Waals surface area contributed by atoms with Crippen LogP contribution >= 0.6 is 0 Å². The van der Waals surface area contributed by atoms with E-state index in [1.807, 2.05) is 26.0 Å². The van der Waals surface area contributed by atoms with Gasteiger partial charge in [0.05, 0.1) is 0 Å². The Morgan fingerprint density at radius 3 is 2.52 bits per heavy atom. The normalized spacial score (nSPS) is 19.3. The molecule has 25 heavy (non-hydrogen) atoms. The molecule has 2 rings (SSSR count). The van der Waals surface area contributed by atoms with E-state index in [2.05, 4.69) is 23.7 Å². The van der Waals surface area contributed by atoms with Gasteiger partial charge >= 0.3 is 0 Å². The van der Waals surface area contributed by atoms with Crippen molar-refractivity contribution in [2.75, 3.05) is 6.54 Å². The van der Waals surface area contributed by atoms with Crippen molar-refractivity contribution >= 4 is 17.5 Å². The van der Waals surface area contributed by atoms with Gasteiger partial charge in [-0.15, -0.1) is 12.5 Å². The molecule has 1 fully saturated rings. The first kappa shape index (κ1) is 18.7. The van der Waals surface area contributed by atoms with Crippen LogP contribution in [0.2, 0.25) is 0 Å². The molecular formula is C21H23NO3. The van der Waals surface area contributed by atoms with Gasteiger partial charge in [0.1, 0.15) is 11.7 Å². The highest BCUT2D eigenvalue weighted by Crippen LogP contribution is 2.37. The van der Waals surface area contributed by atoms with Gasteiger partial charge in [0.15, 0.2) is 5.78 Å². The second-order valence-corrected chi connectivity index (χ2v) is 6.40. The SMILES string of the molecule is C=CCNC(=O)CC1CC(=O)C(c2c(C)cc(C#CC)cc2C)C1=O. The number of nitrogens with one attached hydrogen (secondary N) is 1. The summed E-state index contributed by atoms with van der Waals surface area (Å²) in [5.74, 6) is 4.06. The summed E-state index contributed by atoms with van der Waals surface area (Å²) in [6, 6.07) is 3.81. The van der Waals surface area contributed by atoms with Crippen LogP contribution in [0.25, 0.3) is 0 Å². The van der Waals surface area contributed by atoms with Crippen LogP contribution in [-0.4, -0.2) is 24.0 Å². The fourth-order valence-corrected chi connectivity index (χ4v) is 3.46. The monoisotopic (exact) mass is 337 g/mol. The molecule has 0 aromatic heterocycles. The maximum absolute atomic E-state index is 12.8. The van der Waals surface area contributed by atoms with E-state index < -0.39 is 11.8 Å². The Labute approximate surface area is 148 Å². The van der Waals surface area contributed by atoms with Gasteiger partial charge in [-0.05, 0) is 49.6 Å². The molecule has 1 aliphatic carbocycles. The van der Waals surface area contributed by atoms with E-state index in [4.69, 9.17) is 0 Å². The van der Waals surface area contributed by atoms with Crippen molar-refractivity contribution in [3.05, 3.63) is 47.0 Å². The fraction of sp³-hybridized carbons (Fsp3) is 0.381. The molecule has 1 aliphatic rings. The molecule has 4 nitrogen and oxygen atoms in total. The van der Waals surface area contributed by atoms with Crippen LogP contribution in [0.15, 0.2) is 24.8 Å². The Morgan fingerprint density at radius 1 is 1.32 bits per heavy atom. The number of amides is 1. The third-order valence-corrected chi connectivity index (χ3v) is 4.48. The smallest absolute Gasteiger partial charge is 0.220 e. The fourth-order valence-electron chi connectivity index (χ4n) is 3.46. The zero-order chi connectivity index (χ0) is 18.6. The van der Waals surface area contributed by atoms with E-state index in [0.29, 0.717) is 6.54 Å². The Bertz CT molecular complexity index is 772. The molecule has 0 radical (unpaired) electrons. The topological polar surface area (TPSA) is 63.2 Å². The first-order chi connectivity index (χ1) is 11.9. The maximum atomic E-state index is 12.8. The van der Waals surface area contributed by atoms with Crippen molar-refractivity contribution in [3.8, 4) is 11.8 Å². The average Bonchev–Trinajstić information content (AvgIpc) is 2.80. The average molecular weight is 337 g/mol. The minimum atomic E-state index is -0.763. The lowest BCUT2D eigenvalue weighted by Crippen LogP contribution is -2.27. The number of ketones is 2. The lowest BCUT2D eigenvalue weighted by molar-refractivity contribution is -0.128. The number of rotatable bonds is 5. The van der Waals surface area contributed by atoms with Gasteiger partial charge in [0.2, 0.25) is 5.91 Å². The molecule has 1 N–H and O–H groups in total. The van der Waals surface area contributed by atoms with E-state index in [0.717, 1.165) is 22.3 Å². The second kappa shape index (κ2) is 7.94. The van der Waals surface area contributed by atoms with Crippen molar-refractivity contribution in [1.29, 1.82) is 0 Å². The summed E-state index contributed by atoms with van der Waals surface area (Å²) in [5.41, 5.74) is 3.42. The molecule has 0 saturated heterocycles. The Balaban J connectivity index is 2.27. The largest absolute Gasteiger partial charge is 0.353 e. The number of aryl methyl sites for hydroxylation is 2. The van der Waals surface area contributed by atoms with E-state index in [-0.39, 0.29) is 30.3 Å². The maximum Gasteiger partial charge on any atom is 0.220 e. The molecule has 0 spiro atoms. The van der Waals surface area contributed by atoms with Gasteiger partial charge < -0.3 is 5.32 Å². The summed E-state index contributed by atoms with van der Waals surface area (Å²) in [4.78, 5) is 37.2. The predicted molar refractivity (Wildman–Crippen MR) is 97.2 cm³/mol. The number of Topliss-reactive ketones (excluding diaryl/α,β-unsaturated/α-hetero) is 2. The number of benzene rings is 1. The van der Waals surface area contributed by atoms with Gasteiger partial charge in [-0.1, -0.05) is 12.0 Å². The zero-order valence-electron chi connectivity index (χ0n) is 14.9.